The van der Waals surface area contributed by atoms with Crippen LogP contribution < -0.4 is 5.32 Å². The topological polar surface area (TPSA) is 73.2 Å². The van der Waals surface area contributed by atoms with Crippen LogP contribution in [0.1, 0.15) is 6.92 Å². The SMILES string of the molecule is C/C=C/C(=O)Nc1cnn(CC(=O)OC)c1. The maximum absolute atomic E-state index is 11.2. The Morgan fingerprint density at radius 2 is 2.38 bits per heavy atom. The fourth-order valence-corrected chi connectivity index (χ4v) is 1.05. The Kier molecular flexibility index (Phi) is 4.26. The molecule has 1 aromatic rings. The largest absolute Gasteiger partial charge is 0.468 e. The van der Waals surface area contributed by atoms with E-state index < -0.39 is 5.97 Å². The molecule has 1 rings (SSSR count). The van der Waals surface area contributed by atoms with E-state index in [9.17, 15) is 9.59 Å². The van der Waals surface area contributed by atoms with Crippen molar-refractivity contribution in [2.45, 2.75) is 13.5 Å². The van der Waals surface area contributed by atoms with Crippen LogP contribution in [0.5, 0.6) is 0 Å². The van der Waals surface area contributed by atoms with Crippen LogP contribution >= 0.6 is 0 Å². The lowest BCUT2D eigenvalue weighted by Crippen LogP contribution is -2.11. The molecule has 86 valence electrons. The second-order valence-corrected chi connectivity index (χ2v) is 2.99. The van der Waals surface area contributed by atoms with Gasteiger partial charge in [0.1, 0.15) is 6.54 Å². The van der Waals surface area contributed by atoms with Gasteiger partial charge < -0.3 is 10.1 Å². The maximum atomic E-state index is 11.2. The lowest BCUT2D eigenvalue weighted by atomic mass is 10.4. The number of carbonyl (C=O) groups excluding carboxylic acids is 2. The molecule has 0 aliphatic heterocycles. The van der Waals surface area contributed by atoms with E-state index in [0.717, 1.165) is 0 Å². The highest BCUT2D eigenvalue weighted by Gasteiger charge is 2.05. The molecule has 0 aliphatic rings. The third-order valence-electron chi connectivity index (χ3n) is 1.74. The number of rotatable bonds is 4. The molecule has 0 atom stereocenters. The zero-order valence-electron chi connectivity index (χ0n) is 9.14. The molecule has 0 saturated heterocycles. The number of anilines is 1. The summed E-state index contributed by atoms with van der Waals surface area (Å²) in [5.74, 6) is -0.630. The fraction of sp³-hybridized carbons (Fsp3) is 0.300. The van der Waals surface area contributed by atoms with E-state index in [4.69, 9.17) is 0 Å². The number of amides is 1. The van der Waals surface area contributed by atoms with Crippen molar-refractivity contribution in [2.75, 3.05) is 12.4 Å². The van der Waals surface area contributed by atoms with Gasteiger partial charge in [-0.05, 0) is 13.0 Å². The van der Waals surface area contributed by atoms with E-state index in [0.29, 0.717) is 5.69 Å². The highest BCUT2D eigenvalue weighted by atomic mass is 16.5. The number of esters is 1. The second kappa shape index (κ2) is 5.69. The van der Waals surface area contributed by atoms with Crippen LogP contribution in [0, 0.1) is 0 Å². The first-order chi connectivity index (χ1) is 7.65. The number of ether oxygens (including phenoxy) is 1. The standard InChI is InChI=1S/C10H13N3O3/c1-3-4-9(14)12-8-5-11-13(6-8)7-10(15)16-2/h3-6H,7H2,1-2H3,(H,12,14)/b4-3+. The van der Waals surface area contributed by atoms with Gasteiger partial charge >= 0.3 is 5.97 Å². The monoisotopic (exact) mass is 223 g/mol. The molecule has 0 bridgehead atoms. The predicted molar refractivity (Wildman–Crippen MR) is 57.7 cm³/mol. The molecule has 0 saturated carbocycles. The summed E-state index contributed by atoms with van der Waals surface area (Å²) in [6.07, 6.45) is 6.05. The van der Waals surface area contributed by atoms with Crippen molar-refractivity contribution in [3.63, 3.8) is 0 Å². The van der Waals surface area contributed by atoms with Crippen LogP contribution in [-0.4, -0.2) is 28.8 Å². The number of aromatic nitrogens is 2. The number of hydrogen-bond donors (Lipinski definition) is 1. The van der Waals surface area contributed by atoms with Crippen LogP contribution in [0.3, 0.4) is 0 Å². The Bertz CT molecular complexity index is 409. The number of hydrogen-bond acceptors (Lipinski definition) is 4. The fourth-order valence-electron chi connectivity index (χ4n) is 1.05. The van der Waals surface area contributed by atoms with Gasteiger partial charge in [0.25, 0.3) is 0 Å². The zero-order chi connectivity index (χ0) is 12.0. The van der Waals surface area contributed by atoms with Gasteiger partial charge in [0.15, 0.2) is 0 Å². The maximum Gasteiger partial charge on any atom is 0.327 e. The number of methoxy groups -OCH3 is 1. The van der Waals surface area contributed by atoms with E-state index in [1.165, 1.54) is 24.1 Å². The van der Waals surface area contributed by atoms with Crippen molar-refractivity contribution in [2.24, 2.45) is 0 Å². The molecule has 6 nitrogen and oxygen atoms in total. The number of nitrogens with one attached hydrogen (secondary N) is 1. The molecular formula is C10H13N3O3. The molecule has 0 spiro atoms. The molecule has 0 aromatic carbocycles. The molecule has 0 unspecified atom stereocenters. The Morgan fingerprint density at radius 1 is 1.62 bits per heavy atom. The molecule has 1 N–H and O–H groups in total. The molecule has 0 radical (unpaired) electrons. The summed E-state index contributed by atoms with van der Waals surface area (Å²) < 4.78 is 5.87. The molecule has 6 heteroatoms. The molecule has 1 aromatic heterocycles. The third-order valence-corrected chi connectivity index (χ3v) is 1.74. The van der Waals surface area contributed by atoms with Gasteiger partial charge in [0.2, 0.25) is 5.91 Å². The minimum absolute atomic E-state index is 0.0238. The minimum Gasteiger partial charge on any atom is -0.468 e. The van der Waals surface area contributed by atoms with Crippen LogP contribution in [0.4, 0.5) is 5.69 Å². The van der Waals surface area contributed by atoms with E-state index >= 15 is 0 Å². The number of carbonyl (C=O) groups is 2. The second-order valence-electron chi connectivity index (χ2n) is 2.99. The van der Waals surface area contributed by atoms with Crippen molar-refractivity contribution in [3.8, 4) is 0 Å². The summed E-state index contributed by atoms with van der Waals surface area (Å²) in [4.78, 5) is 22.1. The minimum atomic E-state index is -0.394. The lowest BCUT2D eigenvalue weighted by molar-refractivity contribution is -0.141. The predicted octanol–water partition coefficient (Wildman–Crippen LogP) is 0.571. The first-order valence-corrected chi connectivity index (χ1v) is 4.68. The normalized spacial score (nSPS) is 10.4. The van der Waals surface area contributed by atoms with Gasteiger partial charge in [-0.1, -0.05) is 6.08 Å². The average Bonchev–Trinajstić information content (AvgIpc) is 2.65. The summed E-state index contributed by atoms with van der Waals surface area (Å²) in [6.45, 7) is 1.77. The van der Waals surface area contributed by atoms with Crippen molar-refractivity contribution >= 4 is 17.6 Å². The molecular weight excluding hydrogens is 210 g/mol. The van der Waals surface area contributed by atoms with Crippen molar-refractivity contribution < 1.29 is 14.3 Å². The number of nitrogens with zero attached hydrogens (tertiary/aromatic N) is 2. The molecule has 0 fully saturated rings. The Balaban J connectivity index is 2.58. The van der Waals surface area contributed by atoms with Crippen LogP contribution in [0.15, 0.2) is 24.5 Å². The van der Waals surface area contributed by atoms with Gasteiger partial charge in [-0.15, -0.1) is 0 Å². The van der Waals surface area contributed by atoms with Crippen molar-refractivity contribution in [3.05, 3.63) is 24.5 Å². The Morgan fingerprint density at radius 3 is 3.00 bits per heavy atom. The Hall–Kier alpha value is -2.11. The third kappa shape index (κ3) is 3.56. The molecule has 0 aliphatic carbocycles. The summed E-state index contributed by atoms with van der Waals surface area (Å²) in [5, 5.41) is 6.49. The van der Waals surface area contributed by atoms with E-state index in [2.05, 4.69) is 15.2 Å². The summed E-state index contributed by atoms with van der Waals surface area (Å²) >= 11 is 0. The summed E-state index contributed by atoms with van der Waals surface area (Å²) in [6, 6.07) is 0. The highest BCUT2D eigenvalue weighted by Crippen LogP contribution is 2.04. The molecule has 1 heterocycles. The average molecular weight is 223 g/mol. The zero-order valence-corrected chi connectivity index (χ0v) is 9.14. The van der Waals surface area contributed by atoms with E-state index in [1.54, 1.807) is 19.2 Å². The molecule has 1 amide bonds. The van der Waals surface area contributed by atoms with Crippen molar-refractivity contribution in [1.29, 1.82) is 0 Å². The van der Waals surface area contributed by atoms with Crippen LogP contribution in [-0.2, 0) is 20.9 Å². The quantitative estimate of drug-likeness (QED) is 0.598. The van der Waals surface area contributed by atoms with Crippen molar-refractivity contribution in [1.82, 2.24) is 9.78 Å². The van der Waals surface area contributed by atoms with E-state index in [-0.39, 0.29) is 12.5 Å². The smallest absolute Gasteiger partial charge is 0.327 e. The molecule has 16 heavy (non-hydrogen) atoms. The lowest BCUT2D eigenvalue weighted by Gasteiger charge is -1.98. The first kappa shape index (κ1) is 12.0. The summed E-state index contributed by atoms with van der Waals surface area (Å²) in [7, 11) is 1.31. The van der Waals surface area contributed by atoms with Gasteiger partial charge in [-0.3, -0.25) is 14.3 Å². The highest BCUT2D eigenvalue weighted by molar-refractivity contribution is 5.99. The van der Waals surface area contributed by atoms with Gasteiger partial charge in [0.05, 0.1) is 19.0 Å². The van der Waals surface area contributed by atoms with Crippen LogP contribution in [0.2, 0.25) is 0 Å². The first-order valence-electron chi connectivity index (χ1n) is 4.68. The Labute approximate surface area is 92.9 Å². The van der Waals surface area contributed by atoms with Gasteiger partial charge in [-0.2, -0.15) is 5.10 Å². The summed E-state index contributed by atoms with van der Waals surface area (Å²) in [5.41, 5.74) is 0.534. The van der Waals surface area contributed by atoms with Gasteiger partial charge in [-0.25, -0.2) is 0 Å². The van der Waals surface area contributed by atoms with Crippen LogP contribution in [0.25, 0.3) is 0 Å². The van der Waals surface area contributed by atoms with Gasteiger partial charge in [0, 0.05) is 6.20 Å². The number of allylic oxidation sites excluding steroid dienone is 1. The van der Waals surface area contributed by atoms with E-state index in [1.807, 2.05) is 0 Å².